The van der Waals surface area contributed by atoms with E-state index in [9.17, 15) is 18.7 Å². The molecule has 0 aromatic carbocycles. The number of likely N-dealkylation sites (tertiary alicyclic amines) is 2. The van der Waals surface area contributed by atoms with Gasteiger partial charge < -0.3 is 14.6 Å². The van der Waals surface area contributed by atoms with Crippen LogP contribution in [0.25, 0.3) is 0 Å². The zero-order valence-electron chi connectivity index (χ0n) is 13.2. The number of aliphatic hydroxyl groups is 1. The van der Waals surface area contributed by atoms with Crippen molar-refractivity contribution in [3.63, 3.8) is 0 Å². The van der Waals surface area contributed by atoms with Crippen molar-refractivity contribution >= 4 is 5.91 Å². The first-order valence-electron chi connectivity index (χ1n) is 7.87. The second-order valence-corrected chi connectivity index (χ2v) is 6.69. The van der Waals surface area contributed by atoms with Crippen molar-refractivity contribution in [1.29, 1.82) is 0 Å². The highest BCUT2D eigenvalue weighted by atomic mass is 19.3. The van der Waals surface area contributed by atoms with E-state index in [0.29, 0.717) is 25.3 Å². The van der Waals surface area contributed by atoms with E-state index in [1.807, 2.05) is 4.90 Å². The van der Waals surface area contributed by atoms with Crippen LogP contribution in [0, 0.1) is 0 Å². The second kappa shape index (κ2) is 5.83. The predicted octanol–water partition coefficient (Wildman–Crippen LogP) is 0.728. The van der Waals surface area contributed by atoms with Crippen molar-refractivity contribution in [2.24, 2.45) is 7.05 Å². The van der Waals surface area contributed by atoms with E-state index in [1.165, 1.54) is 0 Å². The Morgan fingerprint density at radius 1 is 1.30 bits per heavy atom. The van der Waals surface area contributed by atoms with Crippen molar-refractivity contribution in [2.45, 2.75) is 30.8 Å². The Morgan fingerprint density at radius 2 is 2.00 bits per heavy atom. The van der Waals surface area contributed by atoms with Gasteiger partial charge in [0.25, 0.3) is 11.8 Å². The summed E-state index contributed by atoms with van der Waals surface area (Å²) < 4.78 is 28.0. The summed E-state index contributed by atoms with van der Waals surface area (Å²) in [6, 6.07) is 0. The van der Waals surface area contributed by atoms with Gasteiger partial charge in [0.2, 0.25) is 0 Å². The molecule has 2 saturated heterocycles. The molecule has 0 unspecified atom stereocenters. The third-order valence-corrected chi connectivity index (χ3v) is 4.74. The summed E-state index contributed by atoms with van der Waals surface area (Å²) in [7, 11) is 1.75. The third kappa shape index (κ3) is 3.53. The van der Waals surface area contributed by atoms with E-state index >= 15 is 0 Å². The van der Waals surface area contributed by atoms with E-state index in [-0.39, 0.29) is 38.4 Å². The molecule has 2 aliphatic heterocycles. The topological polar surface area (TPSA) is 61.6 Å². The van der Waals surface area contributed by atoms with Gasteiger partial charge in [-0.1, -0.05) is 0 Å². The van der Waals surface area contributed by atoms with E-state index in [4.69, 9.17) is 0 Å². The van der Waals surface area contributed by atoms with Crippen LogP contribution >= 0.6 is 0 Å². The van der Waals surface area contributed by atoms with Gasteiger partial charge >= 0.3 is 0 Å². The number of piperidine rings is 1. The SMILES string of the molecule is Cn1ccnc1C(=O)N1CC[C@](O)(CN2CCC(F)(F)CC2)C1. The lowest BCUT2D eigenvalue weighted by atomic mass is 10.00. The molecular weight excluding hydrogens is 306 g/mol. The Labute approximate surface area is 133 Å². The number of β-amino-alcohol motifs (C(OH)–C–C–N with tert-alkyl or cyclic N) is 1. The molecule has 0 aliphatic carbocycles. The number of aromatic nitrogens is 2. The molecule has 0 saturated carbocycles. The normalized spacial score (nSPS) is 28.3. The average molecular weight is 328 g/mol. The maximum atomic E-state index is 13.2. The zero-order chi connectivity index (χ0) is 16.7. The number of hydrogen-bond acceptors (Lipinski definition) is 4. The minimum Gasteiger partial charge on any atom is -0.387 e. The molecule has 8 heteroatoms. The molecule has 0 radical (unpaired) electrons. The number of nitrogens with zero attached hydrogens (tertiary/aromatic N) is 4. The highest BCUT2D eigenvalue weighted by Gasteiger charge is 2.42. The van der Waals surface area contributed by atoms with Crippen molar-refractivity contribution < 1.29 is 18.7 Å². The molecule has 1 amide bonds. The van der Waals surface area contributed by atoms with Gasteiger partial charge in [-0.05, 0) is 6.42 Å². The van der Waals surface area contributed by atoms with Gasteiger partial charge in [-0.25, -0.2) is 13.8 Å². The number of hydrogen-bond donors (Lipinski definition) is 1. The lowest BCUT2D eigenvalue weighted by Crippen LogP contribution is -2.49. The molecule has 2 aliphatic rings. The minimum atomic E-state index is -2.59. The van der Waals surface area contributed by atoms with Gasteiger partial charge in [0.1, 0.15) is 0 Å². The van der Waals surface area contributed by atoms with E-state index in [2.05, 4.69) is 4.98 Å². The summed E-state index contributed by atoms with van der Waals surface area (Å²) in [5.74, 6) is -2.46. The van der Waals surface area contributed by atoms with Gasteiger partial charge in [0, 0.05) is 58.5 Å². The Morgan fingerprint density at radius 3 is 2.61 bits per heavy atom. The molecule has 3 rings (SSSR count). The highest BCUT2D eigenvalue weighted by Crippen LogP contribution is 2.30. The number of carbonyl (C=O) groups is 1. The van der Waals surface area contributed by atoms with Crippen LogP contribution in [-0.2, 0) is 7.05 Å². The third-order valence-electron chi connectivity index (χ3n) is 4.74. The van der Waals surface area contributed by atoms with Crippen LogP contribution < -0.4 is 0 Å². The molecule has 23 heavy (non-hydrogen) atoms. The predicted molar refractivity (Wildman–Crippen MR) is 79.3 cm³/mol. The average Bonchev–Trinajstić information content (AvgIpc) is 3.07. The van der Waals surface area contributed by atoms with Crippen molar-refractivity contribution in [1.82, 2.24) is 19.4 Å². The number of aryl methyl sites for hydroxylation is 1. The van der Waals surface area contributed by atoms with Crippen molar-refractivity contribution in [3.05, 3.63) is 18.2 Å². The summed E-state index contributed by atoms with van der Waals surface area (Å²) in [5.41, 5.74) is -1.03. The van der Waals surface area contributed by atoms with Gasteiger partial charge in [0.05, 0.1) is 12.1 Å². The smallest absolute Gasteiger partial charge is 0.289 e. The van der Waals surface area contributed by atoms with Crippen LogP contribution in [0.15, 0.2) is 12.4 Å². The Kier molecular flexibility index (Phi) is 4.14. The summed E-state index contributed by atoms with van der Waals surface area (Å²) >= 11 is 0. The maximum absolute atomic E-state index is 13.2. The number of halogens is 2. The van der Waals surface area contributed by atoms with Crippen LogP contribution in [0.3, 0.4) is 0 Å². The lowest BCUT2D eigenvalue weighted by molar-refractivity contribution is -0.0720. The number of rotatable bonds is 3. The number of alkyl halides is 2. The van der Waals surface area contributed by atoms with E-state index in [0.717, 1.165) is 0 Å². The molecule has 3 heterocycles. The molecule has 1 aromatic heterocycles. The first-order chi connectivity index (χ1) is 10.8. The van der Waals surface area contributed by atoms with Crippen LogP contribution in [0.5, 0.6) is 0 Å². The molecule has 6 nitrogen and oxygen atoms in total. The second-order valence-electron chi connectivity index (χ2n) is 6.69. The van der Waals surface area contributed by atoms with Gasteiger partial charge in [-0.3, -0.25) is 9.69 Å². The van der Waals surface area contributed by atoms with E-state index in [1.54, 1.807) is 28.9 Å². The van der Waals surface area contributed by atoms with E-state index < -0.39 is 11.5 Å². The highest BCUT2D eigenvalue weighted by molar-refractivity contribution is 5.91. The van der Waals surface area contributed by atoms with Gasteiger partial charge in [-0.2, -0.15) is 0 Å². The standard InChI is InChI=1S/C15H22F2N4O2/c1-19-9-5-18-12(19)13(22)21-8-2-14(23,11-21)10-20-6-3-15(16,17)4-7-20/h5,9,23H,2-4,6-8,10-11H2,1H3/t14-/m0/s1. The quantitative estimate of drug-likeness (QED) is 0.889. The van der Waals surface area contributed by atoms with Crippen LogP contribution in [0.4, 0.5) is 8.78 Å². The maximum Gasteiger partial charge on any atom is 0.289 e. The molecule has 128 valence electrons. The van der Waals surface area contributed by atoms with Crippen molar-refractivity contribution in [2.75, 3.05) is 32.7 Å². The van der Waals surface area contributed by atoms with Gasteiger partial charge in [0.15, 0.2) is 5.82 Å². The fourth-order valence-corrected chi connectivity index (χ4v) is 3.33. The fraction of sp³-hybridized carbons (Fsp3) is 0.733. The van der Waals surface area contributed by atoms with Crippen LogP contribution in [0.2, 0.25) is 0 Å². The number of imidazole rings is 1. The van der Waals surface area contributed by atoms with Crippen LogP contribution in [0.1, 0.15) is 29.9 Å². The Bertz CT molecular complexity index is 582. The molecule has 1 aromatic rings. The zero-order valence-corrected chi connectivity index (χ0v) is 13.2. The molecule has 2 fully saturated rings. The molecule has 0 bridgehead atoms. The summed E-state index contributed by atoms with van der Waals surface area (Å²) in [4.78, 5) is 19.9. The molecule has 1 N–H and O–H groups in total. The minimum absolute atomic E-state index is 0.168. The van der Waals surface area contributed by atoms with Crippen molar-refractivity contribution in [3.8, 4) is 0 Å². The monoisotopic (exact) mass is 328 g/mol. The lowest BCUT2D eigenvalue weighted by Gasteiger charge is -2.36. The molecular formula is C15H22F2N4O2. The van der Waals surface area contributed by atoms with Crippen LogP contribution in [-0.4, -0.2) is 74.6 Å². The largest absolute Gasteiger partial charge is 0.387 e. The van der Waals surface area contributed by atoms with Gasteiger partial charge in [-0.15, -0.1) is 0 Å². The molecule has 0 spiro atoms. The Balaban J connectivity index is 1.58. The first kappa shape index (κ1) is 16.3. The first-order valence-corrected chi connectivity index (χ1v) is 7.87. The number of carbonyl (C=O) groups excluding carboxylic acids is 1. The number of amides is 1. The Hall–Kier alpha value is -1.54. The fourth-order valence-electron chi connectivity index (χ4n) is 3.33. The summed E-state index contributed by atoms with van der Waals surface area (Å²) in [5, 5.41) is 10.7. The summed E-state index contributed by atoms with van der Waals surface area (Å²) in [6.45, 7) is 1.55. The summed E-state index contributed by atoms with van der Waals surface area (Å²) in [6.07, 6.45) is 3.38. The molecule has 1 atom stereocenters.